The van der Waals surface area contributed by atoms with Crippen molar-refractivity contribution in [3.8, 4) is 5.75 Å². The highest BCUT2D eigenvalue weighted by Gasteiger charge is 2.11. The van der Waals surface area contributed by atoms with Gasteiger partial charge in [0, 0.05) is 32.0 Å². The molecule has 0 atom stereocenters. The number of anilines is 2. The van der Waals surface area contributed by atoms with Gasteiger partial charge in [0.15, 0.2) is 11.6 Å². The molecular weight excluding hydrogens is 439 g/mol. The van der Waals surface area contributed by atoms with Gasteiger partial charge in [-0.05, 0) is 31.5 Å². The second-order valence-electron chi connectivity index (χ2n) is 7.12. The van der Waals surface area contributed by atoms with E-state index in [2.05, 4.69) is 30.7 Å². The number of aromatic nitrogens is 2. The molecular formula is C21H26F3N7O2. The number of hydrogen-bond donors (Lipinski definition) is 4. The van der Waals surface area contributed by atoms with Gasteiger partial charge >= 0.3 is 6.61 Å². The predicted molar refractivity (Wildman–Crippen MR) is 119 cm³/mol. The van der Waals surface area contributed by atoms with Crippen molar-refractivity contribution in [2.24, 2.45) is 0 Å². The second-order valence-corrected chi connectivity index (χ2v) is 7.12. The van der Waals surface area contributed by atoms with Crippen LogP contribution < -0.4 is 20.7 Å². The van der Waals surface area contributed by atoms with Crippen LogP contribution in [0.25, 0.3) is 0 Å². The van der Waals surface area contributed by atoms with Crippen LogP contribution in [0.2, 0.25) is 0 Å². The molecule has 1 aromatic heterocycles. The highest BCUT2D eigenvalue weighted by Crippen LogP contribution is 2.18. The van der Waals surface area contributed by atoms with E-state index in [1.165, 1.54) is 24.4 Å². The third-order valence-corrected chi connectivity index (χ3v) is 4.42. The molecule has 0 aliphatic heterocycles. The first kappa shape index (κ1) is 25.4. The molecule has 0 aliphatic carbocycles. The summed E-state index contributed by atoms with van der Waals surface area (Å²) in [6, 6.07) is 6.04. The molecule has 0 bridgehead atoms. The quantitative estimate of drug-likeness (QED) is 0.356. The summed E-state index contributed by atoms with van der Waals surface area (Å²) >= 11 is 0. The van der Waals surface area contributed by atoms with E-state index in [1.54, 1.807) is 18.0 Å². The summed E-state index contributed by atoms with van der Waals surface area (Å²) in [5.41, 5.74) is 0.811. The summed E-state index contributed by atoms with van der Waals surface area (Å²) in [7, 11) is 1.69. The molecule has 9 nitrogen and oxygen atoms in total. The minimum atomic E-state index is -2.94. The van der Waals surface area contributed by atoms with Crippen molar-refractivity contribution in [1.29, 1.82) is 5.41 Å². The van der Waals surface area contributed by atoms with Gasteiger partial charge < -0.3 is 31.0 Å². The molecule has 33 heavy (non-hydrogen) atoms. The summed E-state index contributed by atoms with van der Waals surface area (Å²) in [6.07, 6.45) is 3.34. The van der Waals surface area contributed by atoms with Gasteiger partial charge in [0.05, 0.1) is 18.4 Å². The standard InChI is InChI=1S/C21H26F3N7O2/c1-13(2)31(3)18(32)12-26-10-15(8-25)29-21-28-11-17(22)19(30-21)27-9-14-5-4-6-16(7-14)33-20(23)24/h4-8,10-11,13,20,25-26H,9,12H2,1-3H3,(H2,27,28,29,30)/b15-10+,25-8?. The lowest BCUT2D eigenvalue weighted by molar-refractivity contribution is -0.130. The lowest BCUT2D eigenvalue weighted by atomic mass is 10.2. The lowest BCUT2D eigenvalue weighted by Crippen LogP contribution is -2.38. The Morgan fingerprint density at radius 3 is 2.76 bits per heavy atom. The molecule has 178 valence electrons. The van der Waals surface area contributed by atoms with E-state index in [0.29, 0.717) is 5.56 Å². The fraction of sp³-hybridized carbons (Fsp3) is 0.333. The topological polar surface area (TPSA) is 115 Å². The fourth-order valence-corrected chi connectivity index (χ4v) is 2.47. The van der Waals surface area contributed by atoms with Gasteiger partial charge in [-0.25, -0.2) is 9.37 Å². The van der Waals surface area contributed by atoms with Gasteiger partial charge in [-0.1, -0.05) is 12.1 Å². The summed E-state index contributed by atoms with van der Waals surface area (Å²) in [5.74, 6) is -0.977. The van der Waals surface area contributed by atoms with Crippen LogP contribution in [0.4, 0.5) is 24.9 Å². The summed E-state index contributed by atoms with van der Waals surface area (Å²) < 4.78 is 43.2. The van der Waals surface area contributed by atoms with Crippen LogP contribution >= 0.6 is 0 Å². The van der Waals surface area contributed by atoms with E-state index in [1.807, 2.05) is 13.8 Å². The fourth-order valence-electron chi connectivity index (χ4n) is 2.47. The van der Waals surface area contributed by atoms with Crippen molar-refractivity contribution >= 4 is 23.9 Å². The maximum Gasteiger partial charge on any atom is 0.387 e. The Bertz CT molecular complexity index is 986. The molecule has 4 N–H and O–H groups in total. The molecule has 0 unspecified atom stereocenters. The van der Waals surface area contributed by atoms with Crippen LogP contribution in [0.5, 0.6) is 5.75 Å². The first-order valence-electron chi connectivity index (χ1n) is 9.96. The minimum Gasteiger partial charge on any atom is -0.435 e. The smallest absolute Gasteiger partial charge is 0.387 e. The number of halogens is 3. The Morgan fingerprint density at radius 2 is 2.09 bits per heavy atom. The molecule has 12 heteroatoms. The number of allylic oxidation sites excluding steroid dienone is 1. The van der Waals surface area contributed by atoms with Crippen LogP contribution in [-0.2, 0) is 11.3 Å². The van der Waals surface area contributed by atoms with Crippen LogP contribution in [0.15, 0.2) is 42.4 Å². The summed E-state index contributed by atoms with van der Waals surface area (Å²) in [6.45, 7) is 0.960. The van der Waals surface area contributed by atoms with Crippen LogP contribution in [0.3, 0.4) is 0 Å². The van der Waals surface area contributed by atoms with Crippen LogP contribution in [0, 0.1) is 11.2 Å². The van der Waals surface area contributed by atoms with Gasteiger partial charge in [0.2, 0.25) is 11.9 Å². The van der Waals surface area contributed by atoms with Gasteiger partial charge in [-0.2, -0.15) is 13.8 Å². The molecule has 0 spiro atoms. The van der Waals surface area contributed by atoms with Crippen molar-refractivity contribution in [1.82, 2.24) is 20.2 Å². The number of nitrogens with one attached hydrogen (secondary N) is 4. The van der Waals surface area contributed by atoms with Crippen molar-refractivity contribution in [3.63, 3.8) is 0 Å². The van der Waals surface area contributed by atoms with E-state index >= 15 is 0 Å². The van der Waals surface area contributed by atoms with E-state index < -0.39 is 12.4 Å². The van der Waals surface area contributed by atoms with Crippen molar-refractivity contribution < 1.29 is 22.7 Å². The van der Waals surface area contributed by atoms with E-state index in [0.717, 1.165) is 12.4 Å². The molecule has 1 heterocycles. The number of carbonyl (C=O) groups excluding carboxylic acids is 1. The highest BCUT2D eigenvalue weighted by atomic mass is 19.3. The maximum absolute atomic E-state index is 14.1. The SMILES string of the molecule is CC(C)N(C)C(=O)CN/C=C(\C=N)Nc1ncc(F)c(NCc2cccc(OC(F)F)c2)n1. The zero-order valence-corrected chi connectivity index (χ0v) is 18.4. The molecule has 2 aromatic rings. The average molecular weight is 465 g/mol. The normalized spacial score (nSPS) is 11.3. The molecule has 0 saturated carbocycles. The Kier molecular flexibility index (Phi) is 9.45. The number of amides is 1. The van der Waals surface area contributed by atoms with Crippen molar-refractivity contribution in [2.45, 2.75) is 33.0 Å². The lowest BCUT2D eigenvalue weighted by Gasteiger charge is -2.21. The molecule has 0 radical (unpaired) electrons. The number of alkyl halides is 2. The maximum atomic E-state index is 14.1. The van der Waals surface area contributed by atoms with Gasteiger partial charge in [-0.15, -0.1) is 0 Å². The first-order chi connectivity index (χ1) is 15.7. The zero-order valence-electron chi connectivity index (χ0n) is 18.4. The molecule has 0 fully saturated rings. The molecule has 0 aliphatic rings. The van der Waals surface area contributed by atoms with Crippen LogP contribution in [0.1, 0.15) is 19.4 Å². The Morgan fingerprint density at radius 1 is 1.33 bits per heavy atom. The number of nitrogens with zero attached hydrogens (tertiary/aromatic N) is 3. The predicted octanol–water partition coefficient (Wildman–Crippen LogP) is 3.19. The molecule has 1 aromatic carbocycles. The first-order valence-corrected chi connectivity index (χ1v) is 9.96. The Labute approximate surface area is 189 Å². The minimum absolute atomic E-state index is 0.0101. The number of benzene rings is 1. The van der Waals surface area contributed by atoms with E-state index in [-0.39, 0.29) is 48.3 Å². The second kappa shape index (κ2) is 12.3. The number of likely N-dealkylation sites (N-methyl/N-ethyl adjacent to an activating group) is 1. The average Bonchev–Trinajstić information content (AvgIpc) is 2.77. The van der Waals surface area contributed by atoms with E-state index in [9.17, 15) is 18.0 Å². The number of hydrogen-bond acceptors (Lipinski definition) is 8. The van der Waals surface area contributed by atoms with Gasteiger partial charge in [0.1, 0.15) is 5.75 Å². The third kappa shape index (κ3) is 8.31. The summed E-state index contributed by atoms with van der Waals surface area (Å²) in [4.78, 5) is 21.4. The third-order valence-electron chi connectivity index (χ3n) is 4.42. The van der Waals surface area contributed by atoms with Crippen molar-refractivity contribution in [3.05, 3.63) is 53.7 Å². The largest absolute Gasteiger partial charge is 0.435 e. The van der Waals surface area contributed by atoms with Gasteiger partial charge in [-0.3, -0.25) is 4.79 Å². The monoisotopic (exact) mass is 465 g/mol. The number of carbonyl (C=O) groups is 1. The number of ether oxygens (including phenoxy) is 1. The molecule has 2 rings (SSSR count). The molecule has 0 saturated heterocycles. The highest BCUT2D eigenvalue weighted by molar-refractivity contribution is 5.81. The van der Waals surface area contributed by atoms with Crippen molar-refractivity contribution in [2.75, 3.05) is 24.2 Å². The zero-order chi connectivity index (χ0) is 24.4. The Hall–Kier alpha value is -3.83. The summed E-state index contributed by atoms with van der Waals surface area (Å²) in [5, 5.41) is 15.8. The van der Waals surface area contributed by atoms with Gasteiger partial charge in [0.25, 0.3) is 0 Å². The number of rotatable bonds is 12. The van der Waals surface area contributed by atoms with E-state index in [4.69, 9.17) is 5.41 Å². The van der Waals surface area contributed by atoms with Crippen LogP contribution in [-0.4, -0.2) is 53.2 Å². The Balaban J connectivity index is 2.00. The molecule has 1 amide bonds.